The Hall–Kier alpha value is -3.74. The van der Waals surface area contributed by atoms with Crippen LogP contribution in [0, 0.1) is 6.92 Å². The van der Waals surface area contributed by atoms with Gasteiger partial charge in [-0.25, -0.2) is 0 Å². The van der Waals surface area contributed by atoms with Crippen LogP contribution in [0.1, 0.15) is 41.1 Å². The molecule has 1 aliphatic rings. The van der Waals surface area contributed by atoms with E-state index in [0.29, 0.717) is 25.5 Å². The van der Waals surface area contributed by atoms with E-state index in [-0.39, 0.29) is 12.3 Å². The normalized spacial score (nSPS) is 14.7. The SMILES string of the molecule is COc1ccc2cc1OCCCCN(C(=O)Cc1cc(C)no1)CCc1c([nH]c3ccccc13)C2. The van der Waals surface area contributed by atoms with Gasteiger partial charge < -0.3 is 23.9 Å². The number of para-hydroxylation sites is 1. The highest BCUT2D eigenvalue weighted by Gasteiger charge is 2.20. The Morgan fingerprint density at radius 3 is 2.86 bits per heavy atom. The van der Waals surface area contributed by atoms with E-state index in [4.69, 9.17) is 14.0 Å². The molecule has 1 amide bonds. The molecule has 0 fully saturated rings. The van der Waals surface area contributed by atoms with E-state index in [2.05, 4.69) is 40.5 Å². The van der Waals surface area contributed by atoms with Crippen LogP contribution in [0.5, 0.6) is 11.5 Å². The van der Waals surface area contributed by atoms with Crippen molar-refractivity contribution in [2.24, 2.45) is 0 Å². The van der Waals surface area contributed by atoms with Crippen LogP contribution in [-0.2, 0) is 24.1 Å². The van der Waals surface area contributed by atoms with Crippen molar-refractivity contribution in [3.8, 4) is 11.5 Å². The molecule has 2 bridgehead atoms. The molecule has 2 aromatic carbocycles. The predicted octanol–water partition coefficient (Wildman–Crippen LogP) is 4.85. The van der Waals surface area contributed by atoms with E-state index in [9.17, 15) is 4.79 Å². The summed E-state index contributed by atoms with van der Waals surface area (Å²) >= 11 is 0. The van der Waals surface area contributed by atoms with Crippen LogP contribution < -0.4 is 9.47 Å². The summed E-state index contributed by atoms with van der Waals surface area (Å²) in [5, 5.41) is 5.13. The van der Waals surface area contributed by atoms with E-state index >= 15 is 0 Å². The number of ether oxygens (including phenoxy) is 2. The van der Waals surface area contributed by atoms with Crippen LogP contribution in [0.2, 0.25) is 0 Å². The number of nitrogens with one attached hydrogen (secondary N) is 1. The molecule has 3 heterocycles. The molecule has 2 aromatic heterocycles. The van der Waals surface area contributed by atoms with Crippen molar-refractivity contribution in [2.75, 3.05) is 26.8 Å². The number of aryl methyl sites for hydroxylation is 1. The highest BCUT2D eigenvalue weighted by Crippen LogP contribution is 2.31. The van der Waals surface area contributed by atoms with Crippen molar-refractivity contribution < 1.29 is 18.8 Å². The number of hydrogen-bond donors (Lipinski definition) is 1. The maximum absolute atomic E-state index is 13.2. The monoisotopic (exact) mass is 473 g/mol. The van der Waals surface area contributed by atoms with Gasteiger partial charge in [-0.15, -0.1) is 0 Å². The molecule has 182 valence electrons. The molecule has 4 aromatic rings. The smallest absolute Gasteiger partial charge is 0.230 e. The Morgan fingerprint density at radius 1 is 1.14 bits per heavy atom. The molecule has 35 heavy (non-hydrogen) atoms. The van der Waals surface area contributed by atoms with Gasteiger partial charge in [-0.2, -0.15) is 0 Å². The van der Waals surface area contributed by atoms with Gasteiger partial charge >= 0.3 is 0 Å². The largest absolute Gasteiger partial charge is 0.493 e. The highest BCUT2D eigenvalue weighted by atomic mass is 16.5. The Bertz CT molecular complexity index is 1320. The first kappa shape index (κ1) is 23.0. The second-order valence-electron chi connectivity index (χ2n) is 9.09. The average Bonchev–Trinajstić information content (AvgIpc) is 3.42. The van der Waals surface area contributed by atoms with E-state index < -0.39 is 0 Å². The molecule has 0 atom stereocenters. The lowest BCUT2D eigenvalue weighted by Crippen LogP contribution is -2.35. The van der Waals surface area contributed by atoms with Crippen LogP contribution in [0.15, 0.2) is 53.1 Å². The van der Waals surface area contributed by atoms with Gasteiger partial charge in [-0.05, 0) is 55.5 Å². The Labute approximate surface area is 205 Å². The third-order valence-electron chi connectivity index (χ3n) is 6.58. The number of H-pyrrole nitrogens is 1. The zero-order valence-corrected chi connectivity index (χ0v) is 20.3. The predicted molar refractivity (Wildman–Crippen MR) is 134 cm³/mol. The van der Waals surface area contributed by atoms with Crippen molar-refractivity contribution >= 4 is 16.8 Å². The third kappa shape index (κ3) is 5.19. The lowest BCUT2D eigenvalue weighted by molar-refractivity contribution is -0.130. The van der Waals surface area contributed by atoms with Gasteiger partial charge in [-0.1, -0.05) is 29.4 Å². The molecule has 0 saturated heterocycles. The van der Waals surface area contributed by atoms with Crippen molar-refractivity contribution in [1.82, 2.24) is 15.0 Å². The molecule has 7 heteroatoms. The fraction of sp³-hybridized carbons (Fsp3) is 0.357. The number of carbonyl (C=O) groups is 1. The number of nitrogens with zero attached hydrogens (tertiary/aromatic N) is 2. The number of hydrogen-bond acceptors (Lipinski definition) is 5. The van der Waals surface area contributed by atoms with Crippen molar-refractivity contribution in [1.29, 1.82) is 0 Å². The first-order valence-electron chi connectivity index (χ1n) is 12.2. The van der Waals surface area contributed by atoms with E-state index in [1.807, 2.05) is 30.0 Å². The second-order valence-corrected chi connectivity index (χ2v) is 9.09. The van der Waals surface area contributed by atoms with Gasteiger partial charge in [0.05, 0.1) is 25.8 Å². The zero-order chi connectivity index (χ0) is 24.2. The minimum Gasteiger partial charge on any atom is -0.493 e. The molecular weight excluding hydrogens is 442 g/mol. The van der Waals surface area contributed by atoms with E-state index in [1.165, 1.54) is 10.9 Å². The van der Waals surface area contributed by atoms with E-state index in [1.54, 1.807) is 7.11 Å². The second kappa shape index (κ2) is 10.3. The van der Waals surface area contributed by atoms with Crippen LogP contribution in [0.25, 0.3) is 10.9 Å². The Morgan fingerprint density at radius 2 is 2.03 bits per heavy atom. The molecule has 5 rings (SSSR count). The summed E-state index contributed by atoms with van der Waals surface area (Å²) in [5.41, 5.74) is 5.47. The van der Waals surface area contributed by atoms with Gasteiger partial charge in [0.2, 0.25) is 5.91 Å². The molecule has 0 saturated carbocycles. The van der Waals surface area contributed by atoms with Gasteiger partial charge in [0.25, 0.3) is 0 Å². The quantitative estimate of drug-likeness (QED) is 0.460. The minimum absolute atomic E-state index is 0.0578. The number of benzene rings is 2. The van der Waals surface area contributed by atoms with Gasteiger partial charge in [-0.3, -0.25) is 4.79 Å². The molecule has 1 aliphatic heterocycles. The topological polar surface area (TPSA) is 80.6 Å². The van der Waals surface area contributed by atoms with Crippen molar-refractivity contribution in [3.63, 3.8) is 0 Å². The standard InChI is InChI=1S/C28H31N3O4/c1-19-15-21(35-30-19)18-28(32)31-12-5-6-14-34-27-17-20(9-10-26(27)33-2)16-25-23(11-13-31)22-7-3-4-8-24(22)29-25/h3-4,7-10,15,17,29H,5-6,11-14,16,18H2,1-2H3. The van der Waals surface area contributed by atoms with Crippen molar-refractivity contribution in [3.05, 3.63) is 76.8 Å². The zero-order valence-electron chi connectivity index (χ0n) is 20.3. The van der Waals surface area contributed by atoms with Gasteiger partial charge in [0.15, 0.2) is 11.5 Å². The molecule has 1 N–H and O–H groups in total. The summed E-state index contributed by atoms with van der Waals surface area (Å²) < 4.78 is 16.9. The molecule has 0 radical (unpaired) electrons. The molecule has 7 nitrogen and oxygen atoms in total. The van der Waals surface area contributed by atoms with Crippen molar-refractivity contribution in [2.45, 2.75) is 39.0 Å². The average molecular weight is 474 g/mol. The first-order valence-corrected chi connectivity index (χ1v) is 12.2. The fourth-order valence-corrected chi connectivity index (χ4v) is 4.80. The fourth-order valence-electron chi connectivity index (χ4n) is 4.80. The Kier molecular flexibility index (Phi) is 6.75. The number of amides is 1. The maximum atomic E-state index is 13.2. The summed E-state index contributed by atoms with van der Waals surface area (Å²) in [7, 11) is 1.66. The number of methoxy groups -OCH3 is 1. The summed E-state index contributed by atoms with van der Waals surface area (Å²) in [5.74, 6) is 2.15. The lowest BCUT2D eigenvalue weighted by atomic mass is 10.0. The van der Waals surface area contributed by atoms with Crippen LogP contribution in [0.4, 0.5) is 0 Å². The van der Waals surface area contributed by atoms with Gasteiger partial charge in [0, 0.05) is 42.2 Å². The number of rotatable bonds is 3. The summed E-state index contributed by atoms with van der Waals surface area (Å²) in [4.78, 5) is 18.8. The highest BCUT2D eigenvalue weighted by molar-refractivity contribution is 5.85. The first-order chi connectivity index (χ1) is 17.1. The van der Waals surface area contributed by atoms with Crippen LogP contribution >= 0.6 is 0 Å². The Balaban J connectivity index is 1.46. The maximum Gasteiger partial charge on any atom is 0.230 e. The van der Waals surface area contributed by atoms with Gasteiger partial charge in [0.1, 0.15) is 5.76 Å². The molecular formula is C28H31N3O4. The van der Waals surface area contributed by atoms with Crippen LogP contribution in [-0.4, -0.2) is 47.8 Å². The van der Waals surface area contributed by atoms with E-state index in [0.717, 1.165) is 59.7 Å². The number of aromatic nitrogens is 2. The molecule has 0 spiro atoms. The number of fused-ring (bicyclic) bond motifs is 5. The third-order valence-corrected chi connectivity index (χ3v) is 6.58. The minimum atomic E-state index is 0.0578. The summed E-state index contributed by atoms with van der Waals surface area (Å²) in [6.45, 7) is 3.75. The number of aromatic amines is 1. The summed E-state index contributed by atoms with van der Waals surface area (Å²) in [6.07, 6.45) is 3.44. The molecule has 0 unspecified atom stereocenters. The summed E-state index contributed by atoms with van der Waals surface area (Å²) in [6, 6.07) is 16.3. The number of carbonyl (C=O) groups excluding carboxylic acids is 1. The molecule has 0 aliphatic carbocycles. The lowest BCUT2D eigenvalue weighted by Gasteiger charge is -2.23. The van der Waals surface area contributed by atoms with Crippen LogP contribution in [0.3, 0.4) is 0 Å².